The van der Waals surface area contributed by atoms with Gasteiger partial charge < -0.3 is 0 Å². The fourth-order valence-corrected chi connectivity index (χ4v) is 4.50. The Morgan fingerprint density at radius 1 is 1.33 bits per heavy atom. The zero-order chi connectivity index (χ0) is 14.2. The van der Waals surface area contributed by atoms with Crippen molar-refractivity contribution < 1.29 is 0 Å². The van der Waals surface area contributed by atoms with Gasteiger partial charge in [0.15, 0.2) is 0 Å². The van der Waals surface area contributed by atoms with Gasteiger partial charge in [0.2, 0.25) is 0 Å². The van der Waals surface area contributed by atoms with Crippen LogP contribution in [0.15, 0.2) is 33.7 Å². The first-order chi connectivity index (χ1) is 10.3. The van der Waals surface area contributed by atoms with Crippen molar-refractivity contribution in [2.45, 2.75) is 25.7 Å². The summed E-state index contributed by atoms with van der Waals surface area (Å²) >= 11 is 3.26. The van der Waals surface area contributed by atoms with Gasteiger partial charge in [-0.05, 0) is 42.7 Å². The number of thiophene rings is 2. The molecule has 0 aromatic carbocycles. The molecule has 1 aliphatic carbocycles. The Balaban J connectivity index is 1.84. The van der Waals surface area contributed by atoms with Crippen LogP contribution in [0, 0.1) is 0 Å². The summed E-state index contributed by atoms with van der Waals surface area (Å²) in [4.78, 5) is 20.3. The highest BCUT2D eigenvalue weighted by atomic mass is 32.1. The Morgan fingerprint density at radius 2 is 2.24 bits per heavy atom. The van der Waals surface area contributed by atoms with Gasteiger partial charge in [0.25, 0.3) is 5.56 Å². The van der Waals surface area contributed by atoms with Crippen LogP contribution in [-0.4, -0.2) is 15.9 Å². The van der Waals surface area contributed by atoms with Crippen molar-refractivity contribution in [3.05, 3.63) is 49.5 Å². The molecule has 0 aliphatic heterocycles. The molecule has 1 aliphatic rings. The lowest BCUT2D eigenvalue weighted by molar-refractivity contribution is 0.699. The first-order valence-electron chi connectivity index (χ1n) is 6.93. The average Bonchev–Trinajstić information content (AvgIpc) is 3.13. The number of nitrogens with zero attached hydrogens (tertiary/aromatic N) is 3. The van der Waals surface area contributed by atoms with Crippen LogP contribution in [-0.2, 0) is 12.8 Å². The van der Waals surface area contributed by atoms with Gasteiger partial charge in [-0.2, -0.15) is 9.78 Å². The predicted molar refractivity (Wildman–Crippen MR) is 87.8 cm³/mol. The number of fused-ring (bicyclic) bond motifs is 3. The van der Waals surface area contributed by atoms with E-state index in [9.17, 15) is 4.79 Å². The number of hydrogen-bond acceptors (Lipinski definition) is 5. The summed E-state index contributed by atoms with van der Waals surface area (Å²) in [6, 6.07) is 3.93. The Labute approximate surface area is 129 Å². The SMILES string of the molecule is O=c1c2c3c(sc2ncn1N=Cc1cccs1)CCCC3. The molecule has 0 bridgehead atoms. The van der Waals surface area contributed by atoms with Gasteiger partial charge in [0.05, 0.1) is 11.6 Å². The Hall–Kier alpha value is -1.79. The second-order valence-corrected chi connectivity index (χ2v) is 7.11. The van der Waals surface area contributed by atoms with Crippen molar-refractivity contribution in [1.82, 2.24) is 9.66 Å². The summed E-state index contributed by atoms with van der Waals surface area (Å²) in [7, 11) is 0. The largest absolute Gasteiger partial charge is 0.282 e. The summed E-state index contributed by atoms with van der Waals surface area (Å²) in [6.07, 6.45) is 7.67. The van der Waals surface area contributed by atoms with Crippen LogP contribution in [0.5, 0.6) is 0 Å². The maximum absolute atomic E-state index is 12.6. The monoisotopic (exact) mass is 315 g/mol. The third-order valence-corrected chi connectivity index (χ3v) is 5.72. The highest BCUT2D eigenvalue weighted by molar-refractivity contribution is 7.18. The molecule has 0 saturated heterocycles. The molecule has 0 saturated carbocycles. The molecular formula is C15H13N3OS2. The number of hydrogen-bond donors (Lipinski definition) is 0. The third kappa shape index (κ3) is 2.24. The molecule has 21 heavy (non-hydrogen) atoms. The summed E-state index contributed by atoms with van der Waals surface area (Å²) in [5.41, 5.74) is 1.16. The van der Waals surface area contributed by atoms with Gasteiger partial charge in [-0.1, -0.05) is 6.07 Å². The lowest BCUT2D eigenvalue weighted by Crippen LogP contribution is -2.17. The van der Waals surface area contributed by atoms with Crippen LogP contribution < -0.4 is 5.56 Å². The minimum Gasteiger partial charge on any atom is -0.267 e. The van der Waals surface area contributed by atoms with Crippen molar-refractivity contribution in [2.24, 2.45) is 5.10 Å². The van der Waals surface area contributed by atoms with Crippen LogP contribution in [0.3, 0.4) is 0 Å². The highest BCUT2D eigenvalue weighted by Gasteiger charge is 2.19. The molecule has 4 rings (SSSR count). The lowest BCUT2D eigenvalue weighted by atomic mass is 9.97. The first kappa shape index (κ1) is 12.9. The summed E-state index contributed by atoms with van der Waals surface area (Å²) in [6.45, 7) is 0. The Bertz CT molecular complexity index is 874. The highest BCUT2D eigenvalue weighted by Crippen LogP contribution is 2.33. The molecule has 3 aromatic heterocycles. The van der Waals surface area contributed by atoms with E-state index < -0.39 is 0 Å². The minimum absolute atomic E-state index is 0.0489. The quantitative estimate of drug-likeness (QED) is 0.681. The van der Waals surface area contributed by atoms with Crippen LogP contribution in [0.1, 0.15) is 28.2 Å². The fraction of sp³-hybridized carbons (Fsp3) is 0.267. The normalized spacial score (nSPS) is 14.9. The molecule has 4 nitrogen and oxygen atoms in total. The topological polar surface area (TPSA) is 47.2 Å². The van der Waals surface area contributed by atoms with Crippen molar-refractivity contribution in [3.8, 4) is 0 Å². The first-order valence-corrected chi connectivity index (χ1v) is 8.62. The van der Waals surface area contributed by atoms with E-state index in [1.54, 1.807) is 28.9 Å². The molecule has 0 atom stereocenters. The predicted octanol–water partition coefficient (Wildman–Crippen LogP) is 3.28. The molecule has 0 N–H and O–H groups in total. The summed E-state index contributed by atoms with van der Waals surface area (Å²) in [5.74, 6) is 0. The van der Waals surface area contributed by atoms with Gasteiger partial charge in [-0.15, -0.1) is 22.7 Å². The lowest BCUT2D eigenvalue weighted by Gasteiger charge is -2.09. The Morgan fingerprint density at radius 3 is 3.10 bits per heavy atom. The average molecular weight is 315 g/mol. The summed E-state index contributed by atoms with van der Waals surface area (Å²) < 4.78 is 1.35. The van der Waals surface area contributed by atoms with Gasteiger partial charge >= 0.3 is 0 Å². The molecule has 3 aromatic rings. The van der Waals surface area contributed by atoms with E-state index in [0.29, 0.717) is 0 Å². The second kappa shape index (κ2) is 5.20. The number of aromatic nitrogens is 2. The zero-order valence-corrected chi connectivity index (χ0v) is 12.9. The maximum Gasteiger partial charge on any atom is 0.282 e. The van der Waals surface area contributed by atoms with E-state index >= 15 is 0 Å². The van der Waals surface area contributed by atoms with E-state index in [1.165, 1.54) is 27.9 Å². The molecule has 3 heterocycles. The molecule has 0 fully saturated rings. The summed E-state index contributed by atoms with van der Waals surface area (Å²) in [5, 5.41) is 7.02. The van der Waals surface area contributed by atoms with E-state index in [4.69, 9.17) is 0 Å². The van der Waals surface area contributed by atoms with Crippen molar-refractivity contribution in [3.63, 3.8) is 0 Å². The van der Waals surface area contributed by atoms with Gasteiger partial charge in [0, 0.05) is 9.75 Å². The number of rotatable bonds is 2. The standard InChI is InChI=1S/C15H13N3OS2/c19-15-13-11-5-1-2-6-12(11)21-14(13)16-9-18(15)17-8-10-4-3-7-20-10/h3-4,7-9H,1-2,5-6H2. The second-order valence-electron chi connectivity index (χ2n) is 5.05. The van der Waals surface area contributed by atoms with E-state index in [0.717, 1.165) is 34.4 Å². The molecule has 0 unspecified atom stereocenters. The fourth-order valence-electron chi connectivity index (χ4n) is 2.70. The molecule has 6 heteroatoms. The van der Waals surface area contributed by atoms with Crippen LogP contribution in [0.25, 0.3) is 10.2 Å². The smallest absolute Gasteiger partial charge is 0.267 e. The van der Waals surface area contributed by atoms with Crippen LogP contribution >= 0.6 is 22.7 Å². The minimum atomic E-state index is -0.0489. The van der Waals surface area contributed by atoms with E-state index in [2.05, 4.69) is 10.1 Å². The molecule has 0 amide bonds. The van der Waals surface area contributed by atoms with Gasteiger partial charge in [0.1, 0.15) is 11.2 Å². The Kier molecular flexibility index (Phi) is 3.20. The van der Waals surface area contributed by atoms with Gasteiger partial charge in [-0.3, -0.25) is 4.79 Å². The van der Waals surface area contributed by atoms with Crippen molar-refractivity contribution in [1.29, 1.82) is 0 Å². The van der Waals surface area contributed by atoms with E-state index in [-0.39, 0.29) is 5.56 Å². The third-order valence-electron chi connectivity index (χ3n) is 3.71. The molecule has 0 spiro atoms. The molecular weight excluding hydrogens is 302 g/mol. The molecule has 106 valence electrons. The van der Waals surface area contributed by atoms with Crippen LogP contribution in [0.2, 0.25) is 0 Å². The van der Waals surface area contributed by atoms with E-state index in [1.807, 2.05) is 17.5 Å². The maximum atomic E-state index is 12.6. The number of aryl methyl sites for hydroxylation is 2. The van der Waals surface area contributed by atoms with Gasteiger partial charge in [-0.25, -0.2) is 4.98 Å². The van der Waals surface area contributed by atoms with Crippen molar-refractivity contribution in [2.75, 3.05) is 0 Å². The van der Waals surface area contributed by atoms with Crippen molar-refractivity contribution >= 4 is 39.1 Å². The zero-order valence-electron chi connectivity index (χ0n) is 11.3. The van der Waals surface area contributed by atoms with Crippen LogP contribution in [0.4, 0.5) is 0 Å². The molecule has 0 radical (unpaired) electrons.